The van der Waals surface area contributed by atoms with Gasteiger partial charge in [-0.1, -0.05) is 30.7 Å². The minimum absolute atomic E-state index is 0.373. The van der Waals surface area contributed by atoms with E-state index in [-0.39, 0.29) is 0 Å². The summed E-state index contributed by atoms with van der Waals surface area (Å²) in [6.45, 7) is 10.4. The Bertz CT molecular complexity index is 379. The third-order valence-corrected chi connectivity index (χ3v) is 3.65. The van der Waals surface area contributed by atoms with Crippen molar-refractivity contribution < 1.29 is 4.74 Å². The molecule has 0 amide bonds. The first-order valence-corrected chi connectivity index (χ1v) is 7.08. The highest BCUT2D eigenvalue weighted by atomic mass is 16.5. The second kappa shape index (κ2) is 8.31. The lowest BCUT2D eigenvalue weighted by atomic mass is 9.99. The molecule has 0 heterocycles. The molecule has 1 aromatic rings. The molecule has 0 fully saturated rings. The lowest BCUT2D eigenvalue weighted by Gasteiger charge is -2.27. The third kappa shape index (κ3) is 4.94. The average molecular weight is 264 g/mol. The highest BCUT2D eigenvalue weighted by molar-refractivity contribution is 5.33. The van der Waals surface area contributed by atoms with Crippen molar-refractivity contribution >= 4 is 0 Å². The standard InChI is InChI=1S/C16H28N2O/c1-6-18(9-10-19-5)12-16(17-4)15-8-7-13(2)11-14(15)3/h7-8,11,16-17H,6,9-10,12H2,1-5H3. The Hall–Kier alpha value is -0.900. The Morgan fingerprint density at radius 2 is 2.05 bits per heavy atom. The minimum Gasteiger partial charge on any atom is -0.383 e. The first-order valence-electron chi connectivity index (χ1n) is 7.08. The van der Waals surface area contributed by atoms with E-state index in [2.05, 4.69) is 49.2 Å². The fraction of sp³-hybridized carbons (Fsp3) is 0.625. The number of hydrogen-bond donors (Lipinski definition) is 1. The Morgan fingerprint density at radius 3 is 2.58 bits per heavy atom. The SMILES string of the molecule is CCN(CCOC)CC(NC)c1ccc(C)cc1C. The number of rotatable bonds is 8. The topological polar surface area (TPSA) is 24.5 Å². The van der Waals surface area contributed by atoms with Crippen molar-refractivity contribution in [3.8, 4) is 0 Å². The molecule has 1 aromatic carbocycles. The second-order valence-corrected chi connectivity index (χ2v) is 5.09. The lowest BCUT2D eigenvalue weighted by molar-refractivity contribution is 0.144. The maximum absolute atomic E-state index is 5.17. The van der Waals surface area contributed by atoms with Crippen molar-refractivity contribution in [1.29, 1.82) is 0 Å². The summed E-state index contributed by atoms with van der Waals surface area (Å²) in [5, 5.41) is 3.44. The molecule has 0 bridgehead atoms. The predicted molar refractivity (Wildman–Crippen MR) is 81.7 cm³/mol. The van der Waals surface area contributed by atoms with Crippen LogP contribution in [-0.2, 0) is 4.74 Å². The molecule has 1 N–H and O–H groups in total. The van der Waals surface area contributed by atoms with Crippen LogP contribution < -0.4 is 5.32 Å². The van der Waals surface area contributed by atoms with E-state index < -0.39 is 0 Å². The van der Waals surface area contributed by atoms with Gasteiger partial charge in [0.2, 0.25) is 0 Å². The van der Waals surface area contributed by atoms with Crippen LogP contribution >= 0.6 is 0 Å². The van der Waals surface area contributed by atoms with Gasteiger partial charge in [-0.2, -0.15) is 0 Å². The summed E-state index contributed by atoms with van der Waals surface area (Å²) in [6.07, 6.45) is 0. The van der Waals surface area contributed by atoms with Crippen molar-refractivity contribution in [2.75, 3.05) is 40.4 Å². The van der Waals surface area contributed by atoms with Gasteiger partial charge in [-0.3, -0.25) is 4.90 Å². The summed E-state index contributed by atoms with van der Waals surface area (Å²) >= 11 is 0. The summed E-state index contributed by atoms with van der Waals surface area (Å²) < 4.78 is 5.17. The van der Waals surface area contributed by atoms with Crippen LogP contribution in [0.4, 0.5) is 0 Å². The maximum Gasteiger partial charge on any atom is 0.0589 e. The van der Waals surface area contributed by atoms with Gasteiger partial charge in [-0.15, -0.1) is 0 Å². The van der Waals surface area contributed by atoms with Crippen LogP contribution in [0, 0.1) is 13.8 Å². The molecule has 1 unspecified atom stereocenters. The van der Waals surface area contributed by atoms with Crippen LogP contribution in [0.3, 0.4) is 0 Å². The molecule has 1 rings (SSSR count). The molecule has 0 radical (unpaired) electrons. The molecule has 1 atom stereocenters. The van der Waals surface area contributed by atoms with Crippen molar-refractivity contribution in [3.05, 3.63) is 34.9 Å². The van der Waals surface area contributed by atoms with Crippen LogP contribution in [0.2, 0.25) is 0 Å². The van der Waals surface area contributed by atoms with Gasteiger partial charge in [0.05, 0.1) is 6.61 Å². The van der Waals surface area contributed by atoms with Gasteiger partial charge in [0, 0.05) is 26.2 Å². The number of ether oxygens (including phenoxy) is 1. The summed E-state index contributed by atoms with van der Waals surface area (Å²) in [4.78, 5) is 2.42. The van der Waals surface area contributed by atoms with Crippen molar-refractivity contribution in [2.45, 2.75) is 26.8 Å². The number of aryl methyl sites for hydroxylation is 2. The highest BCUT2D eigenvalue weighted by Crippen LogP contribution is 2.19. The lowest BCUT2D eigenvalue weighted by Crippen LogP contribution is -2.36. The predicted octanol–water partition coefficient (Wildman–Crippen LogP) is 2.53. The van der Waals surface area contributed by atoms with E-state index in [1.165, 1.54) is 16.7 Å². The van der Waals surface area contributed by atoms with Crippen LogP contribution in [0.15, 0.2) is 18.2 Å². The largest absolute Gasteiger partial charge is 0.383 e. The van der Waals surface area contributed by atoms with E-state index in [1.54, 1.807) is 7.11 Å². The highest BCUT2D eigenvalue weighted by Gasteiger charge is 2.15. The number of likely N-dealkylation sites (N-methyl/N-ethyl adjacent to an activating group) is 2. The first-order chi connectivity index (χ1) is 9.12. The molecule has 0 saturated heterocycles. The monoisotopic (exact) mass is 264 g/mol. The van der Waals surface area contributed by atoms with Gasteiger partial charge in [0.15, 0.2) is 0 Å². The van der Waals surface area contributed by atoms with Crippen LogP contribution in [-0.4, -0.2) is 45.3 Å². The quantitative estimate of drug-likeness (QED) is 0.781. The molecule has 0 aliphatic carbocycles. The van der Waals surface area contributed by atoms with Crippen molar-refractivity contribution in [3.63, 3.8) is 0 Å². The molecule has 0 aromatic heterocycles. The molecule has 3 nitrogen and oxygen atoms in total. The molecule has 0 aliphatic rings. The zero-order valence-electron chi connectivity index (χ0n) is 13.0. The molecule has 3 heteroatoms. The fourth-order valence-corrected chi connectivity index (χ4v) is 2.42. The molecule has 108 valence electrons. The summed E-state index contributed by atoms with van der Waals surface area (Å²) in [7, 11) is 3.79. The van der Waals surface area contributed by atoms with Gasteiger partial charge in [0.25, 0.3) is 0 Å². The second-order valence-electron chi connectivity index (χ2n) is 5.09. The Balaban J connectivity index is 2.76. The van der Waals surface area contributed by atoms with Crippen LogP contribution in [0.5, 0.6) is 0 Å². The summed E-state index contributed by atoms with van der Waals surface area (Å²) in [6, 6.07) is 7.07. The molecule has 19 heavy (non-hydrogen) atoms. The van der Waals surface area contributed by atoms with E-state index in [0.29, 0.717) is 6.04 Å². The summed E-state index contributed by atoms with van der Waals surface area (Å²) in [5.41, 5.74) is 4.08. The number of hydrogen-bond acceptors (Lipinski definition) is 3. The zero-order chi connectivity index (χ0) is 14.3. The molecule has 0 saturated carbocycles. The fourth-order valence-electron chi connectivity index (χ4n) is 2.42. The number of benzene rings is 1. The number of nitrogens with one attached hydrogen (secondary N) is 1. The average Bonchev–Trinajstić information content (AvgIpc) is 2.40. The zero-order valence-corrected chi connectivity index (χ0v) is 13.0. The van der Waals surface area contributed by atoms with Crippen LogP contribution in [0.25, 0.3) is 0 Å². The van der Waals surface area contributed by atoms with Gasteiger partial charge in [0.1, 0.15) is 0 Å². The third-order valence-electron chi connectivity index (χ3n) is 3.65. The van der Waals surface area contributed by atoms with E-state index >= 15 is 0 Å². The number of nitrogens with zero attached hydrogens (tertiary/aromatic N) is 1. The number of methoxy groups -OCH3 is 1. The van der Waals surface area contributed by atoms with Gasteiger partial charge < -0.3 is 10.1 Å². The summed E-state index contributed by atoms with van der Waals surface area (Å²) in [5.74, 6) is 0. The first kappa shape index (κ1) is 16.2. The van der Waals surface area contributed by atoms with Gasteiger partial charge in [-0.05, 0) is 38.6 Å². The Kier molecular flexibility index (Phi) is 7.06. The van der Waals surface area contributed by atoms with Gasteiger partial charge >= 0.3 is 0 Å². The van der Waals surface area contributed by atoms with E-state index in [4.69, 9.17) is 4.74 Å². The van der Waals surface area contributed by atoms with Crippen LogP contribution in [0.1, 0.15) is 29.7 Å². The molecule has 0 spiro atoms. The van der Waals surface area contributed by atoms with Crippen molar-refractivity contribution in [2.24, 2.45) is 0 Å². The van der Waals surface area contributed by atoms with E-state index in [1.807, 2.05) is 7.05 Å². The van der Waals surface area contributed by atoms with E-state index in [0.717, 1.165) is 26.2 Å². The van der Waals surface area contributed by atoms with E-state index in [9.17, 15) is 0 Å². The minimum atomic E-state index is 0.373. The Labute approximate surface area is 118 Å². The van der Waals surface area contributed by atoms with Crippen molar-refractivity contribution in [1.82, 2.24) is 10.2 Å². The maximum atomic E-state index is 5.17. The van der Waals surface area contributed by atoms with Gasteiger partial charge in [-0.25, -0.2) is 0 Å². The molecular weight excluding hydrogens is 236 g/mol. The smallest absolute Gasteiger partial charge is 0.0589 e. The normalized spacial score (nSPS) is 12.9. The molecule has 0 aliphatic heterocycles. The molecular formula is C16H28N2O. The Morgan fingerprint density at radius 1 is 1.32 bits per heavy atom.